The van der Waals surface area contributed by atoms with Gasteiger partial charge in [0.2, 0.25) is 11.8 Å². The number of rotatable bonds is 20. The molecular weight excluding hydrogens is 496 g/mol. The largest absolute Gasteiger partial charge is 0.493 e. The Labute approximate surface area is 234 Å². The molecule has 2 aromatic heterocycles. The molecule has 2 N–H and O–H groups in total. The summed E-state index contributed by atoms with van der Waals surface area (Å²) >= 11 is 0. The van der Waals surface area contributed by atoms with E-state index >= 15 is 0 Å². The second kappa shape index (κ2) is 16.0. The van der Waals surface area contributed by atoms with Crippen LogP contribution in [0, 0.1) is 17.3 Å². The van der Waals surface area contributed by atoms with Crippen LogP contribution in [0.15, 0.2) is 22.0 Å². The maximum atomic E-state index is 12.6. The van der Waals surface area contributed by atoms with Gasteiger partial charge >= 0.3 is 11.4 Å². The number of ether oxygens (including phenoxy) is 1. The molecule has 0 amide bonds. The Hall–Kier alpha value is -2.42. The van der Waals surface area contributed by atoms with E-state index in [4.69, 9.17) is 4.74 Å². The van der Waals surface area contributed by atoms with Gasteiger partial charge in [0.15, 0.2) is 0 Å². The third kappa shape index (κ3) is 8.78. The zero-order valence-corrected chi connectivity index (χ0v) is 25.3. The van der Waals surface area contributed by atoms with Crippen LogP contribution in [0.2, 0.25) is 0 Å². The molecule has 0 radical (unpaired) electrons. The van der Waals surface area contributed by atoms with Crippen molar-refractivity contribution in [2.45, 2.75) is 126 Å². The molecule has 2 rings (SSSR count). The van der Waals surface area contributed by atoms with Crippen LogP contribution in [0.5, 0.6) is 11.8 Å². The van der Waals surface area contributed by atoms with Crippen LogP contribution in [0.4, 0.5) is 0 Å². The first kappa shape index (κ1) is 32.8. The first-order valence-corrected chi connectivity index (χ1v) is 15.2. The van der Waals surface area contributed by atoms with Gasteiger partial charge in [0, 0.05) is 39.4 Å². The van der Waals surface area contributed by atoms with Gasteiger partial charge in [0.1, 0.15) is 0 Å². The topological polar surface area (TPSA) is 104 Å². The lowest BCUT2D eigenvalue weighted by molar-refractivity contribution is 0.102. The third-order valence-corrected chi connectivity index (χ3v) is 8.90. The predicted octanol–water partition coefficient (Wildman–Crippen LogP) is 5.59. The van der Waals surface area contributed by atoms with Gasteiger partial charge in [0.05, 0.1) is 12.4 Å². The number of aromatic nitrogens is 4. The van der Waals surface area contributed by atoms with E-state index in [0.29, 0.717) is 45.3 Å². The van der Waals surface area contributed by atoms with Gasteiger partial charge in [0.25, 0.3) is 0 Å². The number of hydrogen-bond donors (Lipinski definition) is 2. The minimum atomic E-state index is -0.150. The maximum absolute atomic E-state index is 12.6. The minimum Gasteiger partial charge on any atom is -0.493 e. The van der Waals surface area contributed by atoms with E-state index in [-0.39, 0.29) is 34.5 Å². The van der Waals surface area contributed by atoms with Crippen LogP contribution < -0.4 is 11.4 Å². The summed E-state index contributed by atoms with van der Waals surface area (Å²) in [6, 6.07) is 0. The van der Waals surface area contributed by atoms with Gasteiger partial charge in [-0.05, 0) is 69.6 Å². The first-order chi connectivity index (χ1) is 18.7. The van der Waals surface area contributed by atoms with Crippen LogP contribution in [0.25, 0.3) is 0 Å². The molecule has 1 unspecified atom stereocenters. The van der Waals surface area contributed by atoms with Crippen molar-refractivity contribution in [2.24, 2.45) is 17.3 Å². The zero-order valence-electron chi connectivity index (χ0n) is 25.3. The molecule has 2 heterocycles. The lowest BCUT2D eigenvalue weighted by atomic mass is 9.77. The van der Waals surface area contributed by atoms with Crippen LogP contribution in [-0.4, -0.2) is 41.7 Å². The third-order valence-electron chi connectivity index (χ3n) is 8.90. The molecule has 0 saturated carbocycles. The highest BCUT2D eigenvalue weighted by Crippen LogP contribution is 2.35. The summed E-state index contributed by atoms with van der Waals surface area (Å²) in [5.41, 5.74) is -0.330. The van der Waals surface area contributed by atoms with Crippen molar-refractivity contribution in [3.05, 3.63) is 33.4 Å². The number of unbranched alkanes of at least 4 members (excludes halogenated alkanes) is 1. The second-order valence-electron chi connectivity index (χ2n) is 11.2. The number of imidazole rings is 2. The molecule has 224 valence electrons. The Morgan fingerprint density at radius 1 is 0.795 bits per heavy atom. The summed E-state index contributed by atoms with van der Waals surface area (Å²) in [4.78, 5) is 25.3. The zero-order chi connectivity index (χ0) is 29.0. The van der Waals surface area contributed by atoms with Gasteiger partial charge in [-0.3, -0.25) is 18.3 Å². The fourth-order valence-electron chi connectivity index (χ4n) is 5.74. The molecule has 0 aromatic carbocycles. The number of aryl methyl sites for hydroxylation is 2. The van der Waals surface area contributed by atoms with E-state index in [9.17, 15) is 19.8 Å². The highest BCUT2D eigenvalue weighted by Gasteiger charge is 2.28. The van der Waals surface area contributed by atoms with E-state index < -0.39 is 0 Å². The SMILES string of the molecule is CCC(CC)CC(CCOCCCCC(CC)(CC)Cn1c(O)cn(CC)c1=O)Cn1c(O)cn(CC)c1=O. The summed E-state index contributed by atoms with van der Waals surface area (Å²) < 4.78 is 12.2. The number of hydrogen-bond acceptors (Lipinski definition) is 5. The number of nitrogens with zero attached hydrogens (tertiary/aromatic N) is 4. The molecule has 0 aliphatic rings. The number of aromatic hydroxyl groups is 2. The van der Waals surface area contributed by atoms with Gasteiger partial charge in [-0.2, -0.15) is 0 Å². The van der Waals surface area contributed by atoms with E-state index in [2.05, 4.69) is 27.7 Å². The van der Waals surface area contributed by atoms with Crippen molar-refractivity contribution in [2.75, 3.05) is 13.2 Å². The monoisotopic (exact) mass is 550 g/mol. The molecule has 0 aliphatic heterocycles. The van der Waals surface area contributed by atoms with E-state index in [1.165, 1.54) is 21.5 Å². The molecule has 0 fully saturated rings. The molecule has 39 heavy (non-hydrogen) atoms. The fraction of sp³-hybridized carbons (Fsp3) is 0.800. The van der Waals surface area contributed by atoms with Crippen LogP contribution >= 0.6 is 0 Å². The van der Waals surface area contributed by atoms with Crippen molar-refractivity contribution < 1.29 is 14.9 Å². The maximum Gasteiger partial charge on any atom is 0.331 e. The summed E-state index contributed by atoms with van der Waals surface area (Å²) in [5.74, 6) is 0.940. The summed E-state index contributed by atoms with van der Waals surface area (Å²) in [6.07, 6.45) is 11.9. The Morgan fingerprint density at radius 3 is 1.87 bits per heavy atom. The molecule has 9 heteroatoms. The van der Waals surface area contributed by atoms with Crippen LogP contribution in [0.3, 0.4) is 0 Å². The smallest absolute Gasteiger partial charge is 0.331 e. The second-order valence-corrected chi connectivity index (χ2v) is 11.2. The highest BCUT2D eigenvalue weighted by molar-refractivity contribution is 5.06. The van der Waals surface area contributed by atoms with Crippen molar-refractivity contribution in [1.82, 2.24) is 18.3 Å². The normalized spacial score (nSPS) is 13.0. The standard InChI is InChI=1S/C30H54N4O5/c1-7-24(8-2)19-25(20-33-26(35)21-31(11-5)28(33)37)15-18-39-17-14-13-16-30(9-3,10-4)23-34-27(36)22-32(12-6)29(34)38/h21-22,24-25,35-36H,7-20,23H2,1-6H3. The lowest BCUT2D eigenvalue weighted by Gasteiger charge is -2.32. The summed E-state index contributed by atoms with van der Waals surface area (Å²) in [7, 11) is 0. The Bertz CT molecular complexity index is 1090. The van der Waals surface area contributed by atoms with E-state index in [1.807, 2.05) is 13.8 Å². The Balaban J connectivity index is 1.88. The van der Waals surface area contributed by atoms with Gasteiger partial charge in [-0.1, -0.05) is 47.0 Å². The first-order valence-electron chi connectivity index (χ1n) is 15.2. The fourth-order valence-corrected chi connectivity index (χ4v) is 5.74. The van der Waals surface area contributed by atoms with Crippen LogP contribution in [-0.2, 0) is 30.9 Å². The molecule has 0 spiro atoms. The van der Waals surface area contributed by atoms with Gasteiger partial charge < -0.3 is 14.9 Å². The molecule has 1 atom stereocenters. The van der Waals surface area contributed by atoms with Gasteiger partial charge in [-0.25, -0.2) is 9.59 Å². The Morgan fingerprint density at radius 2 is 1.36 bits per heavy atom. The van der Waals surface area contributed by atoms with Crippen LogP contribution in [0.1, 0.15) is 99.3 Å². The van der Waals surface area contributed by atoms with E-state index in [0.717, 1.165) is 57.8 Å². The molecule has 9 nitrogen and oxygen atoms in total. The van der Waals surface area contributed by atoms with Crippen molar-refractivity contribution in [3.8, 4) is 11.8 Å². The van der Waals surface area contributed by atoms with Gasteiger partial charge in [-0.15, -0.1) is 0 Å². The predicted molar refractivity (Wildman–Crippen MR) is 157 cm³/mol. The molecule has 0 saturated heterocycles. The van der Waals surface area contributed by atoms with Crippen molar-refractivity contribution >= 4 is 0 Å². The average molecular weight is 551 g/mol. The minimum absolute atomic E-state index is 0.0359. The molecule has 0 aliphatic carbocycles. The molecule has 2 aromatic rings. The lowest BCUT2D eigenvalue weighted by Crippen LogP contribution is -2.32. The quantitative estimate of drug-likeness (QED) is 0.209. The highest BCUT2D eigenvalue weighted by atomic mass is 16.5. The Kier molecular flexibility index (Phi) is 13.4. The van der Waals surface area contributed by atoms with Crippen molar-refractivity contribution in [1.29, 1.82) is 0 Å². The molecule has 0 bridgehead atoms. The van der Waals surface area contributed by atoms with Crippen molar-refractivity contribution in [3.63, 3.8) is 0 Å². The molecular formula is C30H54N4O5. The average Bonchev–Trinajstić information content (AvgIpc) is 3.37. The van der Waals surface area contributed by atoms with E-state index in [1.54, 1.807) is 9.13 Å². The summed E-state index contributed by atoms with van der Waals surface area (Å²) in [6.45, 7) is 16.0. The summed E-state index contributed by atoms with van der Waals surface area (Å²) in [5, 5.41) is 20.7.